The van der Waals surface area contributed by atoms with Crippen LogP contribution in [-0.2, 0) is 4.79 Å². The third-order valence-electron chi connectivity index (χ3n) is 4.47. The van der Waals surface area contributed by atoms with E-state index in [9.17, 15) is 4.79 Å². The molecule has 1 aliphatic rings. The number of unbranched alkanes of at least 4 members (excludes halogenated alkanes) is 1. The lowest BCUT2D eigenvalue weighted by atomic mass is 9.79. The van der Waals surface area contributed by atoms with Crippen LogP contribution in [-0.4, -0.2) is 19.0 Å². The van der Waals surface area contributed by atoms with Gasteiger partial charge in [-0.2, -0.15) is 0 Å². The smallest absolute Gasteiger partial charge is 0.223 e. The van der Waals surface area contributed by atoms with Crippen LogP contribution in [0.15, 0.2) is 0 Å². The van der Waals surface area contributed by atoms with E-state index in [2.05, 4.69) is 19.2 Å². The van der Waals surface area contributed by atoms with Crippen molar-refractivity contribution in [1.82, 2.24) is 5.32 Å². The van der Waals surface area contributed by atoms with Crippen LogP contribution in [0.25, 0.3) is 0 Å². The standard InChI is InChI=1S/C16H32N2O/c1-3-4-5-14-6-8-15(9-7-14)16(19)18-12-13(2)10-11-17/h13-15H,3-12,17H2,1-2H3,(H,18,19). The van der Waals surface area contributed by atoms with E-state index in [-0.39, 0.29) is 11.8 Å². The van der Waals surface area contributed by atoms with E-state index >= 15 is 0 Å². The van der Waals surface area contributed by atoms with E-state index in [0.717, 1.165) is 31.7 Å². The lowest BCUT2D eigenvalue weighted by Gasteiger charge is -2.28. The molecule has 0 saturated heterocycles. The Kier molecular flexibility index (Phi) is 8.11. The van der Waals surface area contributed by atoms with Crippen LogP contribution in [0.4, 0.5) is 0 Å². The number of rotatable bonds is 8. The van der Waals surface area contributed by atoms with Crippen molar-refractivity contribution in [3.8, 4) is 0 Å². The van der Waals surface area contributed by atoms with Crippen molar-refractivity contribution in [3.63, 3.8) is 0 Å². The molecule has 1 unspecified atom stereocenters. The normalized spacial score (nSPS) is 25.0. The van der Waals surface area contributed by atoms with Crippen LogP contribution >= 0.6 is 0 Å². The van der Waals surface area contributed by atoms with Crippen molar-refractivity contribution >= 4 is 5.91 Å². The summed E-state index contributed by atoms with van der Waals surface area (Å²) in [7, 11) is 0. The van der Waals surface area contributed by atoms with E-state index in [1.807, 2.05) is 0 Å². The molecule has 3 nitrogen and oxygen atoms in total. The van der Waals surface area contributed by atoms with E-state index in [0.29, 0.717) is 12.5 Å². The molecule has 1 aliphatic carbocycles. The van der Waals surface area contributed by atoms with Crippen LogP contribution in [0, 0.1) is 17.8 Å². The first-order chi connectivity index (χ1) is 9.17. The van der Waals surface area contributed by atoms with Gasteiger partial charge in [0.2, 0.25) is 5.91 Å². The molecular formula is C16H32N2O. The summed E-state index contributed by atoms with van der Waals surface area (Å²) in [6.07, 6.45) is 9.66. The maximum atomic E-state index is 12.1. The maximum absolute atomic E-state index is 12.1. The zero-order valence-corrected chi connectivity index (χ0v) is 12.8. The van der Waals surface area contributed by atoms with Gasteiger partial charge in [-0.05, 0) is 50.5 Å². The Morgan fingerprint density at radius 3 is 2.58 bits per heavy atom. The summed E-state index contributed by atoms with van der Waals surface area (Å²) in [5, 5.41) is 3.10. The molecule has 1 saturated carbocycles. The quantitative estimate of drug-likeness (QED) is 0.711. The fourth-order valence-corrected chi connectivity index (χ4v) is 3.01. The lowest BCUT2D eigenvalue weighted by molar-refractivity contribution is -0.126. The van der Waals surface area contributed by atoms with Crippen molar-refractivity contribution < 1.29 is 4.79 Å². The summed E-state index contributed by atoms with van der Waals surface area (Å²) in [5.74, 6) is 1.91. The van der Waals surface area contributed by atoms with Gasteiger partial charge in [0.25, 0.3) is 0 Å². The van der Waals surface area contributed by atoms with Gasteiger partial charge in [-0.1, -0.05) is 33.1 Å². The van der Waals surface area contributed by atoms with Crippen molar-refractivity contribution in [2.75, 3.05) is 13.1 Å². The minimum absolute atomic E-state index is 0.267. The topological polar surface area (TPSA) is 55.1 Å². The molecule has 1 rings (SSSR count). The molecule has 19 heavy (non-hydrogen) atoms. The number of carbonyl (C=O) groups excluding carboxylic acids is 1. The second kappa shape index (κ2) is 9.35. The van der Waals surface area contributed by atoms with Gasteiger partial charge < -0.3 is 11.1 Å². The average Bonchev–Trinajstić information content (AvgIpc) is 2.43. The second-order valence-corrected chi connectivity index (χ2v) is 6.29. The predicted octanol–water partition coefficient (Wildman–Crippen LogP) is 3.08. The minimum Gasteiger partial charge on any atom is -0.356 e. The number of nitrogens with two attached hydrogens (primary N) is 1. The molecule has 1 atom stereocenters. The SMILES string of the molecule is CCCCC1CCC(C(=O)NCC(C)CCN)CC1. The monoisotopic (exact) mass is 268 g/mol. The largest absolute Gasteiger partial charge is 0.356 e. The Hall–Kier alpha value is -0.570. The van der Waals surface area contributed by atoms with Crippen molar-refractivity contribution in [3.05, 3.63) is 0 Å². The third-order valence-corrected chi connectivity index (χ3v) is 4.47. The number of hydrogen-bond donors (Lipinski definition) is 2. The zero-order valence-electron chi connectivity index (χ0n) is 12.8. The Bertz CT molecular complexity index is 247. The van der Waals surface area contributed by atoms with Crippen molar-refractivity contribution in [1.29, 1.82) is 0 Å². The Morgan fingerprint density at radius 2 is 2.00 bits per heavy atom. The van der Waals surface area contributed by atoms with Gasteiger partial charge in [-0.3, -0.25) is 4.79 Å². The summed E-state index contributed by atoms with van der Waals surface area (Å²) in [4.78, 5) is 12.1. The van der Waals surface area contributed by atoms with E-state index in [1.165, 1.54) is 32.1 Å². The molecule has 1 amide bonds. The summed E-state index contributed by atoms with van der Waals surface area (Å²) in [6.45, 7) is 5.89. The maximum Gasteiger partial charge on any atom is 0.223 e. The van der Waals surface area contributed by atoms with Crippen LogP contribution in [0.5, 0.6) is 0 Å². The van der Waals surface area contributed by atoms with Crippen molar-refractivity contribution in [2.24, 2.45) is 23.5 Å². The molecular weight excluding hydrogens is 236 g/mol. The zero-order chi connectivity index (χ0) is 14.1. The summed E-state index contributed by atoms with van der Waals surface area (Å²) in [6, 6.07) is 0. The molecule has 1 fully saturated rings. The summed E-state index contributed by atoms with van der Waals surface area (Å²) < 4.78 is 0. The highest BCUT2D eigenvalue weighted by Gasteiger charge is 2.25. The molecule has 0 aromatic carbocycles. The third kappa shape index (κ3) is 6.42. The van der Waals surface area contributed by atoms with E-state index in [1.54, 1.807) is 0 Å². The van der Waals surface area contributed by atoms with Gasteiger partial charge in [0.15, 0.2) is 0 Å². The average molecular weight is 268 g/mol. The Labute approximate surface area is 118 Å². The first-order valence-electron chi connectivity index (χ1n) is 8.15. The molecule has 0 aromatic rings. The van der Waals surface area contributed by atoms with Crippen molar-refractivity contribution in [2.45, 2.75) is 65.2 Å². The van der Waals surface area contributed by atoms with Crippen LogP contribution in [0.2, 0.25) is 0 Å². The van der Waals surface area contributed by atoms with Gasteiger partial charge in [-0.15, -0.1) is 0 Å². The van der Waals surface area contributed by atoms with Crippen LogP contribution in [0.1, 0.15) is 65.2 Å². The predicted molar refractivity (Wildman–Crippen MR) is 80.8 cm³/mol. The number of carbonyl (C=O) groups is 1. The molecule has 0 heterocycles. The van der Waals surface area contributed by atoms with E-state index in [4.69, 9.17) is 5.73 Å². The Morgan fingerprint density at radius 1 is 1.32 bits per heavy atom. The molecule has 0 spiro atoms. The van der Waals surface area contributed by atoms with Gasteiger partial charge in [-0.25, -0.2) is 0 Å². The van der Waals surface area contributed by atoms with E-state index < -0.39 is 0 Å². The highest BCUT2D eigenvalue weighted by Crippen LogP contribution is 2.31. The number of nitrogens with one attached hydrogen (secondary N) is 1. The highest BCUT2D eigenvalue weighted by atomic mass is 16.1. The second-order valence-electron chi connectivity index (χ2n) is 6.29. The molecule has 0 radical (unpaired) electrons. The number of amides is 1. The molecule has 3 heteroatoms. The molecule has 3 N–H and O–H groups in total. The number of hydrogen-bond acceptors (Lipinski definition) is 2. The highest BCUT2D eigenvalue weighted by molar-refractivity contribution is 5.78. The first kappa shape index (κ1) is 16.5. The summed E-state index contributed by atoms with van der Waals surface area (Å²) in [5.41, 5.74) is 5.52. The molecule has 112 valence electrons. The summed E-state index contributed by atoms with van der Waals surface area (Å²) >= 11 is 0. The van der Waals surface area contributed by atoms with Crippen LogP contribution < -0.4 is 11.1 Å². The fourth-order valence-electron chi connectivity index (χ4n) is 3.01. The van der Waals surface area contributed by atoms with Gasteiger partial charge >= 0.3 is 0 Å². The minimum atomic E-state index is 0.267. The molecule has 0 aromatic heterocycles. The van der Waals surface area contributed by atoms with Crippen LogP contribution in [0.3, 0.4) is 0 Å². The van der Waals surface area contributed by atoms with Gasteiger partial charge in [0.1, 0.15) is 0 Å². The molecule has 0 aliphatic heterocycles. The first-order valence-corrected chi connectivity index (χ1v) is 8.15. The Balaban J connectivity index is 2.17. The lowest BCUT2D eigenvalue weighted by Crippen LogP contribution is -2.36. The fraction of sp³-hybridized carbons (Fsp3) is 0.938. The van der Waals surface area contributed by atoms with Gasteiger partial charge in [0.05, 0.1) is 0 Å². The molecule has 0 bridgehead atoms. The van der Waals surface area contributed by atoms with Gasteiger partial charge in [0, 0.05) is 12.5 Å².